The number of alkyl halides is 3. The number of esters is 1. The largest absolute Gasteiger partial charge is 0.444 e. The van der Waals surface area contributed by atoms with Crippen LogP contribution < -0.4 is 5.32 Å². The fraction of sp³-hybridized carbons (Fsp3) is 0.179. The molecule has 1 amide bonds. The summed E-state index contributed by atoms with van der Waals surface area (Å²) in [6.07, 6.45) is -5.52. The van der Waals surface area contributed by atoms with E-state index in [0.717, 1.165) is 18.2 Å². The molecule has 5 nitrogen and oxygen atoms in total. The monoisotopic (exact) mass is 526 g/mol. The molecule has 1 atom stereocenters. The minimum Gasteiger partial charge on any atom is -0.444 e. The summed E-state index contributed by atoms with van der Waals surface area (Å²) in [5.41, 5.74) is 1.31. The van der Waals surface area contributed by atoms with Gasteiger partial charge in [0.2, 0.25) is 6.10 Å². The lowest BCUT2D eigenvalue weighted by atomic mass is 10.00. The number of nitrogens with one attached hydrogen (secondary N) is 1. The maximum atomic E-state index is 13.5. The van der Waals surface area contributed by atoms with Crippen molar-refractivity contribution in [2.24, 2.45) is 0 Å². The Hall–Kier alpha value is -3.91. The summed E-state index contributed by atoms with van der Waals surface area (Å²) in [4.78, 5) is 31.5. The number of hydrogen-bond donors (Lipinski definition) is 1. The van der Waals surface area contributed by atoms with Crippen molar-refractivity contribution in [3.63, 3.8) is 0 Å². The molecular weight excluding hydrogens is 505 g/mol. The Morgan fingerprint density at radius 2 is 1.70 bits per heavy atom. The zero-order valence-electron chi connectivity index (χ0n) is 19.9. The molecule has 0 radical (unpaired) electrons. The van der Waals surface area contributed by atoms with Crippen LogP contribution in [0.15, 0.2) is 72.8 Å². The molecule has 1 aromatic heterocycles. The second-order valence-electron chi connectivity index (χ2n) is 8.31. The van der Waals surface area contributed by atoms with Crippen LogP contribution in [0.5, 0.6) is 0 Å². The summed E-state index contributed by atoms with van der Waals surface area (Å²) in [6, 6.07) is 17.9. The van der Waals surface area contributed by atoms with Gasteiger partial charge in [-0.25, -0.2) is 4.79 Å². The molecular formula is C28H22ClF3N2O3. The number of hydrogen-bond acceptors (Lipinski definition) is 4. The molecule has 0 aliphatic rings. The molecule has 1 heterocycles. The van der Waals surface area contributed by atoms with Gasteiger partial charge in [-0.1, -0.05) is 67.1 Å². The standard InChI is InChI=1S/C28H22ClF3N2O3/c1-3-21-16(2)24(19-11-7-8-12-22(19)33-21)27(36)37-25(17-9-5-4-6-10-17)26(35)34-23-15-18(28(30,31)32)13-14-20(23)29/h4-15,25H,3H2,1-2H3,(H,34,35)/t25-/m0/s1. The number of pyridine rings is 1. The number of amides is 1. The van der Waals surface area contributed by atoms with Crippen molar-refractivity contribution in [2.45, 2.75) is 32.5 Å². The third kappa shape index (κ3) is 5.59. The number of rotatable bonds is 6. The Morgan fingerprint density at radius 3 is 2.38 bits per heavy atom. The lowest BCUT2D eigenvalue weighted by Crippen LogP contribution is -2.26. The van der Waals surface area contributed by atoms with E-state index in [0.29, 0.717) is 34.1 Å². The zero-order chi connectivity index (χ0) is 26.7. The van der Waals surface area contributed by atoms with Crippen LogP contribution in [0.4, 0.5) is 18.9 Å². The van der Waals surface area contributed by atoms with Gasteiger partial charge in [0, 0.05) is 16.6 Å². The smallest absolute Gasteiger partial charge is 0.416 e. The molecule has 0 aliphatic heterocycles. The lowest BCUT2D eigenvalue weighted by Gasteiger charge is -2.20. The van der Waals surface area contributed by atoms with Crippen LogP contribution in [0.25, 0.3) is 10.9 Å². The first-order chi connectivity index (χ1) is 17.6. The minimum atomic E-state index is -4.63. The topological polar surface area (TPSA) is 68.3 Å². The van der Waals surface area contributed by atoms with Gasteiger partial charge in [-0.3, -0.25) is 9.78 Å². The van der Waals surface area contributed by atoms with Crippen LogP contribution >= 0.6 is 11.6 Å². The molecule has 0 unspecified atom stereocenters. The number of anilines is 1. The van der Waals surface area contributed by atoms with Crippen molar-refractivity contribution in [3.8, 4) is 0 Å². The van der Waals surface area contributed by atoms with Gasteiger partial charge < -0.3 is 10.1 Å². The summed E-state index contributed by atoms with van der Waals surface area (Å²) < 4.78 is 45.4. The predicted molar refractivity (Wildman–Crippen MR) is 136 cm³/mol. The highest BCUT2D eigenvalue weighted by Gasteiger charge is 2.32. The molecule has 0 bridgehead atoms. The van der Waals surface area contributed by atoms with Crippen LogP contribution in [0.2, 0.25) is 5.02 Å². The van der Waals surface area contributed by atoms with Crippen LogP contribution in [-0.4, -0.2) is 16.9 Å². The van der Waals surface area contributed by atoms with Crippen LogP contribution in [0, 0.1) is 6.92 Å². The summed E-state index contributed by atoms with van der Waals surface area (Å²) in [6.45, 7) is 3.67. The van der Waals surface area contributed by atoms with Gasteiger partial charge in [-0.2, -0.15) is 13.2 Å². The highest BCUT2D eigenvalue weighted by atomic mass is 35.5. The first-order valence-electron chi connectivity index (χ1n) is 11.4. The molecule has 1 N–H and O–H groups in total. The maximum absolute atomic E-state index is 13.5. The number of carbonyl (C=O) groups is 2. The lowest BCUT2D eigenvalue weighted by molar-refractivity contribution is -0.137. The fourth-order valence-corrected chi connectivity index (χ4v) is 4.19. The summed E-state index contributed by atoms with van der Waals surface area (Å²) in [5, 5.41) is 2.86. The first-order valence-corrected chi connectivity index (χ1v) is 11.8. The van der Waals surface area contributed by atoms with E-state index in [1.165, 1.54) is 0 Å². The number of ether oxygens (including phenoxy) is 1. The van der Waals surface area contributed by atoms with Crippen LogP contribution in [0.3, 0.4) is 0 Å². The average molecular weight is 527 g/mol. The Bertz CT molecular complexity index is 1470. The van der Waals surface area contributed by atoms with E-state index in [4.69, 9.17) is 16.3 Å². The molecule has 3 aromatic carbocycles. The zero-order valence-corrected chi connectivity index (χ0v) is 20.7. The SMILES string of the molecule is CCc1nc2ccccc2c(C(=O)O[C@H](C(=O)Nc2cc(C(F)(F)F)ccc2Cl)c2ccccc2)c1C. The summed E-state index contributed by atoms with van der Waals surface area (Å²) >= 11 is 6.07. The van der Waals surface area contributed by atoms with Crippen LogP contribution in [-0.2, 0) is 22.1 Å². The number of nitrogens with zero attached hydrogens (tertiary/aromatic N) is 1. The molecule has 0 spiro atoms. The second-order valence-corrected chi connectivity index (χ2v) is 8.71. The predicted octanol–water partition coefficient (Wildman–Crippen LogP) is 7.31. The molecule has 4 aromatic rings. The van der Waals surface area contributed by atoms with E-state index in [9.17, 15) is 22.8 Å². The Balaban J connectivity index is 1.73. The van der Waals surface area contributed by atoms with Crippen molar-refractivity contribution in [2.75, 3.05) is 5.32 Å². The third-order valence-corrected chi connectivity index (χ3v) is 6.22. The van der Waals surface area contributed by atoms with Crippen molar-refractivity contribution in [1.82, 2.24) is 4.98 Å². The van der Waals surface area contributed by atoms with Gasteiger partial charge in [0.05, 0.1) is 27.4 Å². The molecule has 0 saturated heterocycles. The normalized spacial score (nSPS) is 12.3. The van der Waals surface area contributed by atoms with E-state index in [-0.39, 0.29) is 16.3 Å². The summed E-state index contributed by atoms with van der Waals surface area (Å²) in [7, 11) is 0. The van der Waals surface area contributed by atoms with E-state index in [2.05, 4.69) is 10.3 Å². The Labute approximate surface area is 216 Å². The Morgan fingerprint density at radius 1 is 1.03 bits per heavy atom. The molecule has 9 heteroatoms. The van der Waals surface area contributed by atoms with E-state index in [1.807, 2.05) is 6.92 Å². The number of halogens is 4. The van der Waals surface area contributed by atoms with Gasteiger partial charge in [-0.05, 0) is 43.2 Å². The van der Waals surface area contributed by atoms with Crippen molar-refractivity contribution in [3.05, 3.63) is 106 Å². The molecule has 0 aliphatic carbocycles. The molecule has 0 saturated carbocycles. The van der Waals surface area contributed by atoms with Crippen molar-refractivity contribution in [1.29, 1.82) is 0 Å². The van der Waals surface area contributed by atoms with Gasteiger partial charge in [0.1, 0.15) is 0 Å². The molecule has 4 rings (SSSR count). The number of aryl methyl sites for hydroxylation is 1. The van der Waals surface area contributed by atoms with Gasteiger partial charge in [0.15, 0.2) is 0 Å². The number of para-hydroxylation sites is 1. The number of carbonyl (C=O) groups excluding carboxylic acids is 2. The second kappa shape index (κ2) is 10.6. The summed E-state index contributed by atoms with van der Waals surface area (Å²) in [5.74, 6) is -1.61. The average Bonchev–Trinajstić information content (AvgIpc) is 2.87. The van der Waals surface area contributed by atoms with E-state index in [1.54, 1.807) is 61.5 Å². The van der Waals surface area contributed by atoms with Gasteiger partial charge in [-0.15, -0.1) is 0 Å². The van der Waals surface area contributed by atoms with Gasteiger partial charge in [0.25, 0.3) is 5.91 Å². The Kier molecular flexibility index (Phi) is 7.50. The highest BCUT2D eigenvalue weighted by molar-refractivity contribution is 6.33. The maximum Gasteiger partial charge on any atom is 0.416 e. The third-order valence-electron chi connectivity index (χ3n) is 5.89. The highest BCUT2D eigenvalue weighted by Crippen LogP contribution is 2.35. The minimum absolute atomic E-state index is 0.0944. The number of benzene rings is 3. The number of aromatic nitrogens is 1. The van der Waals surface area contributed by atoms with E-state index >= 15 is 0 Å². The quantitative estimate of drug-likeness (QED) is 0.267. The fourth-order valence-electron chi connectivity index (χ4n) is 4.03. The number of fused-ring (bicyclic) bond motifs is 1. The van der Waals surface area contributed by atoms with Crippen LogP contribution in [0.1, 0.15) is 45.8 Å². The van der Waals surface area contributed by atoms with Gasteiger partial charge >= 0.3 is 12.1 Å². The molecule has 37 heavy (non-hydrogen) atoms. The van der Waals surface area contributed by atoms with Crippen molar-refractivity contribution >= 4 is 40.1 Å². The van der Waals surface area contributed by atoms with Crippen molar-refractivity contribution < 1.29 is 27.5 Å². The molecule has 190 valence electrons. The van der Waals surface area contributed by atoms with E-state index < -0.39 is 29.7 Å². The molecule has 0 fully saturated rings. The first kappa shape index (κ1) is 26.2.